The molecule has 1 rings (SSSR count). The molecule has 0 N–H and O–H groups in total. The van der Waals surface area contributed by atoms with Crippen molar-refractivity contribution < 1.29 is 4.79 Å². The Balaban J connectivity index is 3.05. The van der Waals surface area contributed by atoms with Gasteiger partial charge in [-0.2, -0.15) is 0 Å². The summed E-state index contributed by atoms with van der Waals surface area (Å²) in [5.74, 6) is 5.29. The Morgan fingerprint density at radius 3 is 3.07 bits per heavy atom. The van der Waals surface area contributed by atoms with Crippen LogP contribution in [0.25, 0.3) is 10.4 Å². The van der Waals surface area contributed by atoms with Crippen molar-refractivity contribution in [3.63, 3.8) is 0 Å². The monoisotopic (exact) mass is 219 g/mol. The Morgan fingerprint density at radius 2 is 2.40 bits per heavy atom. The molecule has 0 saturated heterocycles. The first kappa shape index (κ1) is 11.1. The molecule has 15 heavy (non-hydrogen) atoms. The van der Waals surface area contributed by atoms with Gasteiger partial charge in [0.2, 0.25) is 0 Å². The number of carbonyl (C=O) groups is 1. The van der Waals surface area contributed by atoms with Gasteiger partial charge in [-0.05, 0) is 11.6 Å². The van der Waals surface area contributed by atoms with Gasteiger partial charge in [-0.1, -0.05) is 40.7 Å². The molecule has 0 aliphatic carbocycles. The molecule has 0 atom stereocenters. The van der Waals surface area contributed by atoms with Gasteiger partial charge >= 0.3 is 0 Å². The summed E-state index contributed by atoms with van der Waals surface area (Å²) >= 11 is 5.86. The van der Waals surface area contributed by atoms with E-state index in [-0.39, 0.29) is 6.54 Å². The maximum atomic E-state index is 10.7. The third kappa shape index (κ3) is 3.03. The SMILES string of the molecule is [N-]=[N+]=NCC#Cc1c(Cl)cccc1C=O. The highest BCUT2D eigenvalue weighted by Crippen LogP contribution is 2.17. The summed E-state index contributed by atoms with van der Waals surface area (Å²) in [6, 6.07) is 4.94. The lowest BCUT2D eigenvalue weighted by Gasteiger charge is -1.97. The van der Waals surface area contributed by atoms with Gasteiger partial charge in [0.25, 0.3) is 0 Å². The van der Waals surface area contributed by atoms with Crippen LogP contribution in [0.1, 0.15) is 15.9 Å². The molecule has 0 amide bonds. The molecule has 1 aromatic rings. The lowest BCUT2D eigenvalue weighted by molar-refractivity contribution is 0.112. The number of carbonyl (C=O) groups excluding carboxylic acids is 1. The van der Waals surface area contributed by atoms with Crippen molar-refractivity contribution in [2.24, 2.45) is 5.11 Å². The van der Waals surface area contributed by atoms with Crippen LogP contribution < -0.4 is 0 Å². The third-order valence-electron chi connectivity index (χ3n) is 1.60. The lowest BCUT2D eigenvalue weighted by atomic mass is 10.1. The zero-order valence-electron chi connectivity index (χ0n) is 7.64. The van der Waals surface area contributed by atoms with Gasteiger partial charge in [-0.25, -0.2) is 0 Å². The molecular formula is C10H6ClN3O. The van der Waals surface area contributed by atoms with E-state index >= 15 is 0 Å². The molecule has 5 heteroatoms. The Kier molecular flexibility index (Phi) is 4.24. The van der Waals surface area contributed by atoms with Crippen molar-refractivity contribution in [3.8, 4) is 11.8 Å². The van der Waals surface area contributed by atoms with Gasteiger partial charge in [-0.3, -0.25) is 4.79 Å². The highest BCUT2D eigenvalue weighted by atomic mass is 35.5. The van der Waals surface area contributed by atoms with Crippen LogP contribution in [0.15, 0.2) is 23.3 Å². The third-order valence-corrected chi connectivity index (χ3v) is 1.91. The van der Waals surface area contributed by atoms with Crippen LogP contribution in [0, 0.1) is 11.8 Å². The minimum atomic E-state index is 0.0556. The van der Waals surface area contributed by atoms with Crippen LogP contribution in [0.3, 0.4) is 0 Å². The van der Waals surface area contributed by atoms with Crippen molar-refractivity contribution in [2.45, 2.75) is 0 Å². The molecule has 0 unspecified atom stereocenters. The van der Waals surface area contributed by atoms with E-state index in [1.54, 1.807) is 18.2 Å². The molecule has 0 aliphatic heterocycles. The molecule has 1 aromatic carbocycles. The van der Waals surface area contributed by atoms with Crippen LogP contribution >= 0.6 is 11.6 Å². The van der Waals surface area contributed by atoms with E-state index in [1.807, 2.05) is 0 Å². The number of nitrogens with zero attached hydrogens (tertiary/aromatic N) is 3. The van der Waals surface area contributed by atoms with Gasteiger partial charge in [0, 0.05) is 10.5 Å². The summed E-state index contributed by atoms with van der Waals surface area (Å²) in [7, 11) is 0. The summed E-state index contributed by atoms with van der Waals surface area (Å²) in [5, 5.41) is 3.66. The van der Waals surface area contributed by atoms with Crippen molar-refractivity contribution in [3.05, 3.63) is 44.8 Å². The van der Waals surface area contributed by atoms with Crippen LogP contribution in [-0.4, -0.2) is 12.8 Å². The molecule has 0 radical (unpaired) electrons. The summed E-state index contributed by atoms with van der Waals surface area (Å²) in [6.07, 6.45) is 0.684. The van der Waals surface area contributed by atoms with E-state index in [0.717, 1.165) is 0 Å². The van der Waals surface area contributed by atoms with E-state index in [4.69, 9.17) is 17.1 Å². The van der Waals surface area contributed by atoms with Crippen molar-refractivity contribution in [1.29, 1.82) is 0 Å². The number of hydrogen-bond donors (Lipinski definition) is 0. The van der Waals surface area contributed by atoms with Crippen LogP contribution in [0.4, 0.5) is 0 Å². The standard InChI is InChI=1S/C10H6ClN3O/c11-10-5-1-3-8(7-15)9(10)4-2-6-13-14-12/h1,3,5,7H,6H2. The van der Waals surface area contributed by atoms with Gasteiger partial charge in [-0.15, -0.1) is 0 Å². The number of aldehydes is 1. The molecule has 4 nitrogen and oxygen atoms in total. The number of rotatable bonds is 2. The fourth-order valence-corrected chi connectivity index (χ4v) is 1.19. The second-order valence-electron chi connectivity index (χ2n) is 2.51. The van der Waals surface area contributed by atoms with E-state index in [0.29, 0.717) is 22.4 Å². The number of benzene rings is 1. The summed E-state index contributed by atoms with van der Waals surface area (Å²) in [5.41, 5.74) is 8.91. The molecule has 0 saturated carbocycles. The maximum absolute atomic E-state index is 10.7. The van der Waals surface area contributed by atoms with E-state index < -0.39 is 0 Å². The predicted molar refractivity (Wildman–Crippen MR) is 57.7 cm³/mol. The maximum Gasteiger partial charge on any atom is 0.151 e. The first-order valence-corrected chi connectivity index (χ1v) is 4.41. The van der Waals surface area contributed by atoms with Crippen molar-refractivity contribution in [1.82, 2.24) is 0 Å². The summed E-state index contributed by atoms with van der Waals surface area (Å²) < 4.78 is 0. The number of azide groups is 1. The Labute approximate surface area is 91.5 Å². The Morgan fingerprint density at radius 1 is 1.60 bits per heavy atom. The fourth-order valence-electron chi connectivity index (χ4n) is 0.966. The van der Waals surface area contributed by atoms with Crippen LogP contribution in [0.2, 0.25) is 5.02 Å². The molecular weight excluding hydrogens is 214 g/mol. The number of halogens is 1. The smallest absolute Gasteiger partial charge is 0.151 e. The molecule has 0 spiro atoms. The largest absolute Gasteiger partial charge is 0.298 e. The quantitative estimate of drug-likeness (QED) is 0.248. The molecule has 0 fully saturated rings. The highest BCUT2D eigenvalue weighted by Gasteiger charge is 2.02. The Hall–Kier alpha value is -1.95. The summed E-state index contributed by atoms with van der Waals surface area (Å²) in [6.45, 7) is 0.0556. The minimum absolute atomic E-state index is 0.0556. The average molecular weight is 220 g/mol. The highest BCUT2D eigenvalue weighted by molar-refractivity contribution is 6.32. The zero-order valence-corrected chi connectivity index (χ0v) is 8.40. The molecule has 0 aliphatic rings. The summed E-state index contributed by atoms with van der Waals surface area (Å²) in [4.78, 5) is 13.2. The molecule has 0 aromatic heterocycles. The first-order valence-electron chi connectivity index (χ1n) is 4.03. The van der Waals surface area contributed by atoms with Crippen LogP contribution in [0.5, 0.6) is 0 Å². The zero-order chi connectivity index (χ0) is 11.1. The van der Waals surface area contributed by atoms with E-state index in [2.05, 4.69) is 21.9 Å². The molecule has 74 valence electrons. The molecule has 0 heterocycles. The minimum Gasteiger partial charge on any atom is -0.298 e. The molecule has 0 bridgehead atoms. The second-order valence-corrected chi connectivity index (χ2v) is 2.92. The topological polar surface area (TPSA) is 65.8 Å². The average Bonchev–Trinajstić information content (AvgIpc) is 2.26. The fraction of sp³-hybridized carbons (Fsp3) is 0.100. The van der Waals surface area contributed by atoms with Crippen LogP contribution in [-0.2, 0) is 0 Å². The van der Waals surface area contributed by atoms with Gasteiger partial charge in [0.1, 0.15) is 0 Å². The van der Waals surface area contributed by atoms with Gasteiger partial charge in [0.05, 0.1) is 17.1 Å². The number of hydrogen-bond acceptors (Lipinski definition) is 2. The Bertz CT molecular complexity index is 481. The predicted octanol–water partition coefficient (Wildman–Crippen LogP) is 2.81. The first-order chi connectivity index (χ1) is 7.29. The lowest BCUT2D eigenvalue weighted by Crippen LogP contribution is -1.88. The van der Waals surface area contributed by atoms with Gasteiger partial charge in [0.15, 0.2) is 6.29 Å². The van der Waals surface area contributed by atoms with Crippen molar-refractivity contribution >= 4 is 17.9 Å². The van der Waals surface area contributed by atoms with Crippen molar-refractivity contribution in [2.75, 3.05) is 6.54 Å². The van der Waals surface area contributed by atoms with E-state index in [9.17, 15) is 4.79 Å². The second kappa shape index (κ2) is 5.71. The normalized spacial score (nSPS) is 8.33. The van der Waals surface area contributed by atoms with E-state index in [1.165, 1.54) is 0 Å². The van der Waals surface area contributed by atoms with Gasteiger partial charge < -0.3 is 0 Å².